The molecule has 1 N–H and O–H groups in total. The fraction of sp³-hybridized carbons (Fsp3) is 0.321. The Labute approximate surface area is 191 Å². The molecule has 1 unspecified atom stereocenters. The Morgan fingerprint density at radius 3 is 2.00 bits per heavy atom. The quantitative estimate of drug-likeness (QED) is 0.579. The van der Waals surface area contributed by atoms with E-state index in [9.17, 15) is 4.79 Å². The molecule has 4 rings (SSSR count). The highest BCUT2D eigenvalue weighted by atomic mass is 16.2. The van der Waals surface area contributed by atoms with Crippen molar-refractivity contribution < 1.29 is 4.79 Å². The van der Waals surface area contributed by atoms with Crippen LogP contribution >= 0.6 is 0 Å². The van der Waals surface area contributed by atoms with Crippen LogP contribution in [0.1, 0.15) is 24.1 Å². The number of nitrogens with zero attached hydrogens (tertiary/aromatic N) is 2. The van der Waals surface area contributed by atoms with Gasteiger partial charge < -0.3 is 10.2 Å². The smallest absolute Gasteiger partial charge is 0.234 e. The van der Waals surface area contributed by atoms with E-state index in [0.29, 0.717) is 6.54 Å². The third kappa shape index (κ3) is 6.28. The average molecular weight is 428 g/mol. The number of nitrogens with one attached hydrogen (secondary N) is 1. The summed E-state index contributed by atoms with van der Waals surface area (Å²) in [5.74, 6) is 0.0994. The molecule has 1 aliphatic rings. The Bertz CT molecular complexity index is 965. The van der Waals surface area contributed by atoms with Crippen molar-refractivity contribution >= 4 is 5.91 Å². The van der Waals surface area contributed by atoms with E-state index in [0.717, 1.165) is 44.7 Å². The lowest BCUT2D eigenvalue weighted by atomic mass is 10.0. The highest BCUT2D eigenvalue weighted by Crippen LogP contribution is 2.21. The van der Waals surface area contributed by atoms with Crippen molar-refractivity contribution in [3.63, 3.8) is 0 Å². The lowest BCUT2D eigenvalue weighted by Crippen LogP contribution is -2.50. The summed E-state index contributed by atoms with van der Waals surface area (Å²) in [4.78, 5) is 17.4. The molecule has 4 nitrogen and oxygen atoms in total. The maximum Gasteiger partial charge on any atom is 0.234 e. The topological polar surface area (TPSA) is 35.6 Å². The summed E-state index contributed by atoms with van der Waals surface area (Å²) in [5, 5.41) is 3.17. The first kappa shape index (κ1) is 22.3. The highest BCUT2D eigenvalue weighted by molar-refractivity contribution is 5.78. The Kier molecular flexibility index (Phi) is 7.70. The summed E-state index contributed by atoms with van der Waals surface area (Å²) in [7, 11) is 0. The molecule has 0 spiro atoms. The second-order valence-corrected chi connectivity index (χ2v) is 8.63. The van der Waals surface area contributed by atoms with Crippen LogP contribution in [-0.2, 0) is 11.2 Å². The third-order valence-electron chi connectivity index (χ3n) is 6.29. The zero-order chi connectivity index (χ0) is 22.2. The van der Waals surface area contributed by atoms with E-state index < -0.39 is 0 Å². The average Bonchev–Trinajstić information content (AvgIpc) is 2.85. The minimum Gasteiger partial charge on any atom is -0.348 e. The molecule has 0 bridgehead atoms. The number of benzene rings is 3. The third-order valence-corrected chi connectivity index (χ3v) is 6.29. The lowest BCUT2D eigenvalue weighted by molar-refractivity contribution is -0.123. The van der Waals surface area contributed by atoms with E-state index in [1.54, 1.807) is 0 Å². The largest absolute Gasteiger partial charge is 0.348 e. The second kappa shape index (κ2) is 11.1. The number of rotatable bonds is 8. The maximum atomic E-state index is 12.6. The normalized spacial score (nSPS) is 15.9. The van der Waals surface area contributed by atoms with Crippen molar-refractivity contribution in [1.29, 1.82) is 0 Å². The molecule has 4 heteroatoms. The van der Waals surface area contributed by atoms with Crippen molar-refractivity contribution in [2.75, 3.05) is 39.3 Å². The van der Waals surface area contributed by atoms with Crippen LogP contribution in [0.3, 0.4) is 0 Å². The van der Waals surface area contributed by atoms with Crippen LogP contribution in [0, 0.1) is 0 Å². The molecule has 1 heterocycles. The molecule has 0 aromatic heterocycles. The first-order valence-corrected chi connectivity index (χ1v) is 11.6. The van der Waals surface area contributed by atoms with Gasteiger partial charge in [0.1, 0.15) is 0 Å². The summed E-state index contributed by atoms with van der Waals surface area (Å²) in [6, 6.07) is 29.5. The Morgan fingerprint density at radius 2 is 1.34 bits per heavy atom. The first-order chi connectivity index (χ1) is 15.7. The van der Waals surface area contributed by atoms with E-state index in [4.69, 9.17) is 0 Å². The molecule has 1 amide bonds. The van der Waals surface area contributed by atoms with E-state index in [-0.39, 0.29) is 11.9 Å². The van der Waals surface area contributed by atoms with Gasteiger partial charge >= 0.3 is 0 Å². The summed E-state index contributed by atoms with van der Waals surface area (Å²) >= 11 is 0. The molecular formula is C28H33N3O. The number of hydrogen-bond acceptors (Lipinski definition) is 3. The van der Waals surface area contributed by atoms with Gasteiger partial charge in [-0.1, -0.05) is 84.9 Å². The van der Waals surface area contributed by atoms with Crippen LogP contribution in [0.5, 0.6) is 0 Å². The van der Waals surface area contributed by atoms with Gasteiger partial charge in [0.15, 0.2) is 0 Å². The lowest BCUT2D eigenvalue weighted by Gasteiger charge is -2.34. The van der Waals surface area contributed by atoms with Gasteiger partial charge in [0.2, 0.25) is 5.91 Å². The Morgan fingerprint density at radius 1 is 0.781 bits per heavy atom. The zero-order valence-corrected chi connectivity index (χ0v) is 18.9. The zero-order valence-electron chi connectivity index (χ0n) is 18.9. The molecule has 0 saturated carbocycles. The molecule has 3 aromatic carbocycles. The fourth-order valence-electron chi connectivity index (χ4n) is 4.27. The van der Waals surface area contributed by atoms with Crippen molar-refractivity contribution in [1.82, 2.24) is 15.1 Å². The van der Waals surface area contributed by atoms with E-state index in [2.05, 4.69) is 101 Å². The monoisotopic (exact) mass is 427 g/mol. The van der Waals surface area contributed by atoms with Crippen molar-refractivity contribution in [3.8, 4) is 11.1 Å². The van der Waals surface area contributed by atoms with Crippen LogP contribution in [0.25, 0.3) is 11.1 Å². The first-order valence-electron chi connectivity index (χ1n) is 11.6. The minimum atomic E-state index is -0.000477. The van der Waals surface area contributed by atoms with E-state index in [1.807, 2.05) is 6.07 Å². The molecule has 1 saturated heterocycles. The van der Waals surface area contributed by atoms with Gasteiger partial charge in [-0.15, -0.1) is 0 Å². The molecule has 166 valence electrons. The van der Waals surface area contributed by atoms with Gasteiger partial charge in [0.25, 0.3) is 0 Å². The molecule has 1 atom stereocenters. The summed E-state index contributed by atoms with van der Waals surface area (Å²) in [6.45, 7) is 7.55. The predicted molar refractivity (Wildman–Crippen MR) is 131 cm³/mol. The predicted octanol–water partition coefficient (Wildman–Crippen LogP) is 4.39. The van der Waals surface area contributed by atoms with Crippen LogP contribution in [0.4, 0.5) is 0 Å². The highest BCUT2D eigenvalue weighted by Gasteiger charge is 2.19. The second-order valence-electron chi connectivity index (χ2n) is 8.63. The van der Waals surface area contributed by atoms with Crippen LogP contribution < -0.4 is 5.32 Å². The molecule has 3 aromatic rings. The van der Waals surface area contributed by atoms with Crippen molar-refractivity contribution in [2.45, 2.75) is 19.4 Å². The molecular weight excluding hydrogens is 394 g/mol. The summed E-state index contributed by atoms with van der Waals surface area (Å²) < 4.78 is 0. The number of carbonyl (C=O) groups excluding carboxylic acids is 1. The van der Waals surface area contributed by atoms with Gasteiger partial charge in [0.05, 0.1) is 12.6 Å². The SMILES string of the molecule is CC(NC(=O)CN1CCN(CCc2ccccc2)CC1)c1ccc(-c2ccccc2)cc1. The van der Waals surface area contributed by atoms with Crippen LogP contribution in [0.2, 0.25) is 0 Å². The maximum absolute atomic E-state index is 12.6. The number of hydrogen-bond donors (Lipinski definition) is 1. The molecule has 1 fully saturated rings. The molecule has 32 heavy (non-hydrogen) atoms. The van der Waals surface area contributed by atoms with Gasteiger partial charge in [0, 0.05) is 32.7 Å². The fourth-order valence-corrected chi connectivity index (χ4v) is 4.27. The van der Waals surface area contributed by atoms with E-state index >= 15 is 0 Å². The standard InChI is InChI=1S/C28H33N3O/c1-23(25-12-14-27(15-13-25)26-10-6-3-7-11-26)29-28(32)22-31-20-18-30(19-21-31)17-16-24-8-4-2-5-9-24/h2-15,23H,16-22H2,1H3,(H,29,32). The van der Waals surface area contributed by atoms with Crippen molar-refractivity contribution in [3.05, 3.63) is 96.1 Å². The van der Waals surface area contributed by atoms with E-state index in [1.165, 1.54) is 16.7 Å². The van der Waals surface area contributed by atoms with Gasteiger partial charge in [-0.05, 0) is 35.6 Å². The minimum absolute atomic E-state index is 0.000477. The van der Waals surface area contributed by atoms with Gasteiger partial charge in [-0.25, -0.2) is 0 Å². The van der Waals surface area contributed by atoms with Gasteiger partial charge in [-0.3, -0.25) is 9.69 Å². The Balaban J connectivity index is 1.19. The molecule has 0 aliphatic carbocycles. The van der Waals surface area contributed by atoms with Crippen LogP contribution in [0.15, 0.2) is 84.9 Å². The van der Waals surface area contributed by atoms with Crippen molar-refractivity contribution in [2.24, 2.45) is 0 Å². The molecule has 0 radical (unpaired) electrons. The summed E-state index contributed by atoms with van der Waals surface area (Å²) in [6.07, 6.45) is 1.09. The van der Waals surface area contributed by atoms with Crippen LogP contribution in [-0.4, -0.2) is 55.0 Å². The number of carbonyl (C=O) groups is 1. The number of amides is 1. The summed E-state index contributed by atoms with van der Waals surface area (Å²) in [5.41, 5.74) is 4.92. The number of piperazine rings is 1. The Hall–Kier alpha value is -2.95. The van der Waals surface area contributed by atoms with Gasteiger partial charge in [-0.2, -0.15) is 0 Å². The molecule has 1 aliphatic heterocycles.